The monoisotopic (exact) mass is 311 g/mol. The van der Waals surface area contributed by atoms with Crippen LogP contribution in [0.5, 0.6) is 0 Å². The third-order valence-electron chi connectivity index (χ3n) is 4.15. The van der Waals surface area contributed by atoms with Crippen molar-refractivity contribution >= 4 is 21.6 Å². The lowest BCUT2D eigenvalue weighted by Crippen LogP contribution is -2.22. The fourth-order valence-corrected chi connectivity index (χ4v) is 4.02. The topological polar surface area (TPSA) is 49.0 Å². The number of aromatic nitrogens is 2. The van der Waals surface area contributed by atoms with Crippen molar-refractivity contribution < 1.29 is 0 Å². The Morgan fingerprint density at radius 1 is 1.18 bits per heavy atom. The fourth-order valence-electron chi connectivity index (χ4n) is 3.05. The summed E-state index contributed by atoms with van der Waals surface area (Å²) in [6, 6.07) is 10.0. The minimum Gasteiger partial charge on any atom is -0.309 e. The summed E-state index contributed by atoms with van der Waals surface area (Å²) in [6.45, 7) is 2.94. The van der Waals surface area contributed by atoms with Crippen LogP contribution in [0.1, 0.15) is 18.7 Å². The average molecular weight is 311 g/mol. The average Bonchev–Trinajstić information content (AvgIpc) is 3.18. The van der Waals surface area contributed by atoms with Crippen molar-refractivity contribution in [2.45, 2.75) is 19.4 Å². The van der Waals surface area contributed by atoms with E-state index in [1.807, 2.05) is 35.7 Å². The van der Waals surface area contributed by atoms with Gasteiger partial charge in [0.15, 0.2) is 0 Å². The Balaban J connectivity index is 1.76. The molecule has 0 amide bonds. The Kier molecular flexibility index (Phi) is 3.52. The van der Waals surface area contributed by atoms with Crippen LogP contribution in [0.4, 0.5) is 0 Å². The van der Waals surface area contributed by atoms with E-state index >= 15 is 0 Å². The highest BCUT2D eigenvalue weighted by Gasteiger charge is 2.16. The van der Waals surface area contributed by atoms with E-state index in [1.54, 1.807) is 11.3 Å². The van der Waals surface area contributed by atoms with Crippen LogP contribution < -0.4 is 5.56 Å². The van der Waals surface area contributed by atoms with Crippen LogP contribution >= 0.6 is 11.3 Å². The lowest BCUT2D eigenvalue weighted by atomic mass is 10.1. The maximum atomic E-state index is 12.5. The van der Waals surface area contributed by atoms with Crippen molar-refractivity contribution in [3.05, 3.63) is 51.9 Å². The summed E-state index contributed by atoms with van der Waals surface area (Å²) in [7, 11) is 0. The fraction of sp³-hybridized carbons (Fsp3) is 0.294. The number of H-pyrrole nitrogens is 1. The quantitative estimate of drug-likeness (QED) is 0.808. The predicted octanol–water partition coefficient (Wildman–Crippen LogP) is 3.25. The van der Waals surface area contributed by atoms with Crippen molar-refractivity contribution in [3.8, 4) is 11.1 Å². The number of benzene rings is 1. The van der Waals surface area contributed by atoms with Gasteiger partial charge >= 0.3 is 0 Å². The summed E-state index contributed by atoms with van der Waals surface area (Å²) in [6.07, 6.45) is 2.48. The predicted molar refractivity (Wildman–Crippen MR) is 90.2 cm³/mol. The van der Waals surface area contributed by atoms with Gasteiger partial charge in [-0.15, -0.1) is 11.3 Å². The van der Waals surface area contributed by atoms with Gasteiger partial charge in [-0.05, 0) is 31.5 Å². The molecule has 0 saturated carbocycles. The zero-order valence-corrected chi connectivity index (χ0v) is 13.0. The SMILES string of the molecule is O=c1[nH]c(CN2CCCC2)nc2scc(-c3ccccc3)c12. The first-order chi connectivity index (χ1) is 10.8. The largest absolute Gasteiger partial charge is 0.309 e. The number of nitrogens with one attached hydrogen (secondary N) is 1. The zero-order chi connectivity index (χ0) is 14.9. The molecule has 4 nitrogen and oxygen atoms in total. The third-order valence-corrected chi connectivity index (χ3v) is 5.02. The van der Waals surface area contributed by atoms with E-state index in [-0.39, 0.29) is 5.56 Å². The first kappa shape index (κ1) is 13.7. The maximum absolute atomic E-state index is 12.5. The molecule has 0 bridgehead atoms. The van der Waals surface area contributed by atoms with Crippen LogP contribution in [0.3, 0.4) is 0 Å². The molecule has 0 radical (unpaired) electrons. The number of nitrogens with zero attached hydrogens (tertiary/aromatic N) is 2. The highest BCUT2D eigenvalue weighted by Crippen LogP contribution is 2.30. The smallest absolute Gasteiger partial charge is 0.260 e. The second-order valence-electron chi connectivity index (χ2n) is 5.69. The van der Waals surface area contributed by atoms with E-state index in [4.69, 9.17) is 0 Å². The number of aromatic amines is 1. The van der Waals surface area contributed by atoms with Gasteiger partial charge in [0.1, 0.15) is 10.7 Å². The van der Waals surface area contributed by atoms with Gasteiger partial charge in [-0.2, -0.15) is 0 Å². The van der Waals surface area contributed by atoms with Gasteiger partial charge < -0.3 is 4.98 Å². The lowest BCUT2D eigenvalue weighted by molar-refractivity contribution is 0.322. The van der Waals surface area contributed by atoms with Crippen molar-refractivity contribution in [1.82, 2.24) is 14.9 Å². The maximum Gasteiger partial charge on any atom is 0.260 e. The number of hydrogen-bond donors (Lipinski definition) is 1. The van der Waals surface area contributed by atoms with Crippen LogP contribution in [-0.2, 0) is 6.54 Å². The van der Waals surface area contributed by atoms with Crippen molar-refractivity contribution in [2.24, 2.45) is 0 Å². The molecule has 112 valence electrons. The molecule has 0 atom stereocenters. The molecular formula is C17H17N3OS. The molecule has 5 heteroatoms. The van der Waals surface area contributed by atoms with E-state index in [9.17, 15) is 4.79 Å². The summed E-state index contributed by atoms with van der Waals surface area (Å²) in [5, 5.41) is 2.74. The van der Waals surface area contributed by atoms with Crippen LogP contribution in [-0.4, -0.2) is 28.0 Å². The van der Waals surface area contributed by atoms with Gasteiger partial charge in [-0.1, -0.05) is 30.3 Å². The summed E-state index contributed by atoms with van der Waals surface area (Å²) in [5.74, 6) is 0.779. The Hall–Kier alpha value is -1.98. The third kappa shape index (κ3) is 2.46. The van der Waals surface area contributed by atoms with E-state index < -0.39 is 0 Å². The number of hydrogen-bond acceptors (Lipinski definition) is 4. The Morgan fingerprint density at radius 3 is 2.73 bits per heavy atom. The molecule has 1 aliphatic rings. The van der Waals surface area contributed by atoms with Gasteiger partial charge in [-0.3, -0.25) is 9.69 Å². The van der Waals surface area contributed by atoms with E-state index in [2.05, 4.69) is 14.9 Å². The molecule has 3 heterocycles. The van der Waals surface area contributed by atoms with E-state index in [0.717, 1.165) is 41.4 Å². The van der Waals surface area contributed by atoms with Crippen LogP contribution in [0.2, 0.25) is 0 Å². The molecule has 2 aromatic heterocycles. The Labute approximate surface area is 132 Å². The summed E-state index contributed by atoms with van der Waals surface area (Å²) >= 11 is 1.55. The van der Waals surface area contributed by atoms with Gasteiger partial charge in [0.25, 0.3) is 5.56 Å². The highest BCUT2D eigenvalue weighted by atomic mass is 32.1. The number of fused-ring (bicyclic) bond motifs is 1. The number of thiophene rings is 1. The summed E-state index contributed by atoms with van der Waals surface area (Å²) in [5.41, 5.74) is 2.01. The van der Waals surface area contributed by atoms with E-state index in [1.165, 1.54) is 12.8 Å². The van der Waals surface area contributed by atoms with Gasteiger partial charge in [0.05, 0.1) is 11.9 Å². The normalized spacial score (nSPS) is 15.6. The van der Waals surface area contributed by atoms with E-state index in [0.29, 0.717) is 5.39 Å². The van der Waals surface area contributed by atoms with Crippen LogP contribution in [0.15, 0.2) is 40.5 Å². The molecule has 3 aromatic rings. The Morgan fingerprint density at radius 2 is 1.95 bits per heavy atom. The standard InChI is InChI=1S/C17H17N3OS/c21-16-15-13(12-6-2-1-3-7-12)11-22-17(15)19-14(18-16)10-20-8-4-5-9-20/h1-3,6-7,11H,4-5,8-10H2,(H,18,19,21). The van der Waals surface area contributed by atoms with Crippen molar-refractivity contribution in [2.75, 3.05) is 13.1 Å². The summed E-state index contributed by atoms with van der Waals surface area (Å²) in [4.78, 5) is 23.3. The molecule has 1 aliphatic heterocycles. The lowest BCUT2D eigenvalue weighted by Gasteiger charge is -2.13. The molecule has 1 aromatic carbocycles. The number of rotatable bonds is 3. The molecule has 1 N–H and O–H groups in total. The molecular weight excluding hydrogens is 294 g/mol. The number of likely N-dealkylation sites (tertiary alicyclic amines) is 1. The minimum atomic E-state index is -0.0284. The first-order valence-electron chi connectivity index (χ1n) is 7.59. The van der Waals surface area contributed by atoms with Crippen molar-refractivity contribution in [1.29, 1.82) is 0 Å². The Bertz CT molecular complexity index is 847. The van der Waals surface area contributed by atoms with Gasteiger partial charge in [0.2, 0.25) is 0 Å². The highest BCUT2D eigenvalue weighted by molar-refractivity contribution is 7.17. The minimum absolute atomic E-state index is 0.0284. The molecule has 0 spiro atoms. The first-order valence-corrected chi connectivity index (χ1v) is 8.47. The van der Waals surface area contributed by atoms with Gasteiger partial charge in [-0.25, -0.2) is 4.98 Å². The van der Waals surface area contributed by atoms with Gasteiger partial charge in [0, 0.05) is 10.9 Å². The molecule has 4 rings (SSSR count). The molecule has 22 heavy (non-hydrogen) atoms. The summed E-state index contributed by atoms with van der Waals surface area (Å²) < 4.78 is 0. The molecule has 1 saturated heterocycles. The zero-order valence-electron chi connectivity index (χ0n) is 12.2. The molecule has 0 unspecified atom stereocenters. The van der Waals surface area contributed by atoms with Crippen LogP contribution in [0, 0.1) is 0 Å². The molecule has 0 aliphatic carbocycles. The van der Waals surface area contributed by atoms with Crippen LogP contribution in [0.25, 0.3) is 21.3 Å². The molecule has 1 fully saturated rings. The second kappa shape index (κ2) is 5.66. The van der Waals surface area contributed by atoms with Crippen molar-refractivity contribution in [3.63, 3.8) is 0 Å². The second-order valence-corrected chi connectivity index (χ2v) is 6.55.